The summed E-state index contributed by atoms with van der Waals surface area (Å²) in [6.07, 6.45) is -4.01. The van der Waals surface area contributed by atoms with Crippen molar-refractivity contribution in [1.82, 2.24) is 0 Å². The maximum absolute atomic E-state index is 10.9. The molecule has 0 aromatic heterocycles. The Labute approximate surface area is 106 Å². The molecule has 0 saturated carbocycles. The second-order valence-corrected chi connectivity index (χ2v) is 7.62. The van der Waals surface area contributed by atoms with Crippen LogP contribution < -0.4 is 0 Å². The van der Waals surface area contributed by atoms with E-state index in [1.807, 2.05) is 0 Å². The molecule has 0 aromatic carbocycles. The van der Waals surface area contributed by atoms with Crippen molar-refractivity contribution in [3.05, 3.63) is 0 Å². The number of hydrogen-bond donors (Lipinski definition) is 0. The summed E-state index contributed by atoms with van der Waals surface area (Å²) in [5.74, 6) is 0. The van der Waals surface area contributed by atoms with Crippen LogP contribution in [0.5, 0.6) is 0 Å². The molecule has 0 aromatic rings. The minimum atomic E-state index is -5.45. The van der Waals surface area contributed by atoms with E-state index in [0.717, 1.165) is 0 Å². The Balaban J connectivity index is 2.59. The van der Waals surface area contributed by atoms with Crippen molar-refractivity contribution in [1.29, 1.82) is 0 Å². The predicted molar refractivity (Wildman–Crippen MR) is 44.9 cm³/mol. The molecule has 0 bridgehead atoms. The van der Waals surface area contributed by atoms with Crippen molar-refractivity contribution >= 4 is 41.6 Å². The van der Waals surface area contributed by atoms with Gasteiger partial charge in [0.1, 0.15) is 0 Å². The summed E-state index contributed by atoms with van der Waals surface area (Å²) >= 11 is 0. The van der Waals surface area contributed by atoms with Gasteiger partial charge in [0.2, 0.25) is 0 Å². The Hall–Kier alpha value is -0.440. The molecule has 0 amide bonds. The molecule has 1 spiro atoms. The zero-order chi connectivity index (χ0) is 14.7. The second kappa shape index (κ2) is 3.81. The fourth-order valence-corrected chi connectivity index (χ4v) is 4.59. The van der Waals surface area contributed by atoms with E-state index in [-0.39, 0.29) is 0 Å². The lowest BCUT2D eigenvalue weighted by Gasteiger charge is -2.31. The quantitative estimate of drug-likeness (QED) is 0.415. The second-order valence-electron chi connectivity index (χ2n) is 2.60. The van der Waals surface area contributed by atoms with Gasteiger partial charge in [-0.15, -0.1) is 7.26 Å². The Morgan fingerprint density at radius 2 is 0.684 bits per heavy atom. The summed E-state index contributed by atoms with van der Waals surface area (Å²) in [6, 6.07) is 0. The third-order valence-corrected chi connectivity index (χ3v) is 5.45. The maximum Gasteiger partial charge on any atom is 0.477 e. The highest BCUT2D eigenvalue weighted by molar-refractivity contribution is 7.97. The van der Waals surface area contributed by atoms with Crippen molar-refractivity contribution in [3.8, 4) is 0 Å². The van der Waals surface area contributed by atoms with Gasteiger partial charge in [-0.25, -0.2) is 0 Å². The Morgan fingerprint density at radius 3 is 0.895 bits per heavy atom. The monoisotopic (exact) mass is 364 g/mol. The molecule has 0 atom stereocenters. The first-order valence-corrected chi connectivity index (χ1v) is 8.82. The molecule has 2 fully saturated rings. The predicted octanol–water partition coefficient (Wildman–Crippen LogP) is -3.30. The van der Waals surface area contributed by atoms with Gasteiger partial charge in [0.25, 0.3) is 0 Å². The molecule has 2 saturated heterocycles. The molecule has 2 rings (SSSR count). The van der Waals surface area contributed by atoms with Gasteiger partial charge in [-0.1, -0.05) is 0 Å². The van der Waals surface area contributed by atoms with Gasteiger partial charge in [-0.05, 0) is 0 Å². The molecular weight excluding hydrogens is 364 g/mol. The van der Waals surface area contributed by atoms with Gasteiger partial charge in [0.15, 0.2) is 0 Å². The first-order chi connectivity index (χ1) is 8.24. The Morgan fingerprint density at radius 1 is 0.474 bits per heavy atom. The van der Waals surface area contributed by atoms with Crippen molar-refractivity contribution in [2.45, 2.75) is 6.16 Å². The van der Waals surface area contributed by atoms with Crippen LogP contribution >= 0.6 is 0 Å². The Bertz CT molecular complexity index is 658. The van der Waals surface area contributed by atoms with E-state index >= 15 is 0 Å². The average Bonchev–Trinajstić information content (AvgIpc) is 1.84. The van der Waals surface area contributed by atoms with Crippen LogP contribution in [0.4, 0.5) is 0 Å². The van der Waals surface area contributed by atoms with Gasteiger partial charge < -0.3 is 0 Å². The fraction of sp³-hybridized carbons (Fsp3) is 1.00. The van der Waals surface area contributed by atoms with E-state index in [1.54, 1.807) is 0 Å². The lowest BCUT2D eigenvalue weighted by Crippen LogP contribution is -2.55. The summed E-state index contributed by atoms with van der Waals surface area (Å²) in [5.41, 5.74) is 0. The lowest BCUT2D eigenvalue weighted by atomic mass is 11.2. The third kappa shape index (κ3) is 3.36. The van der Waals surface area contributed by atoms with Crippen LogP contribution in [0.1, 0.15) is 0 Å². The molecule has 18 heteroatoms. The molecule has 19 heavy (non-hydrogen) atoms. The highest BCUT2D eigenvalue weighted by Crippen LogP contribution is 2.37. The minimum Gasteiger partial charge on any atom is -0.168 e. The van der Waals surface area contributed by atoms with Crippen molar-refractivity contribution in [3.63, 3.8) is 0 Å². The van der Waals surface area contributed by atoms with Crippen molar-refractivity contribution in [2.24, 2.45) is 0 Å². The minimum absolute atomic E-state index is 3.23. The topological polar surface area (TPSA) is 192 Å². The summed E-state index contributed by atoms with van der Waals surface area (Å²) in [5, 5.41) is 0. The lowest BCUT2D eigenvalue weighted by molar-refractivity contribution is -0.378. The molecule has 14 nitrogen and oxygen atoms in total. The van der Waals surface area contributed by atoms with Gasteiger partial charge >= 0.3 is 47.8 Å². The largest absolute Gasteiger partial charge is 0.477 e. The normalized spacial score (nSPS) is 33.7. The molecule has 2 aliphatic heterocycles. The van der Waals surface area contributed by atoms with Crippen LogP contribution in [-0.2, 0) is 65.6 Å². The zero-order valence-electron chi connectivity index (χ0n) is 7.85. The first-order valence-electron chi connectivity index (χ1n) is 3.48. The third-order valence-electron chi connectivity index (χ3n) is 1.15. The molecule has 2 heterocycles. The molecular formula is CO14S4. The smallest absolute Gasteiger partial charge is 0.168 e. The van der Waals surface area contributed by atoms with E-state index in [2.05, 4.69) is 24.0 Å². The zero-order valence-corrected chi connectivity index (χ0v) is 11.1. The van der Waals surface area contributed by atoms with Crippen LogP contribution in [0.15, 0.2) is 0 Å². The maximum atomic E-state index is 10.9. The van der Waals surface area contributed by atoms with Gasteiger partial charge in [0, 0.05) is 0 Å². The number of hydrogen-bond acceptors (Lipinski definition) is 14. The van der Waals surface area contributed by atoms with Gasteiger partial charge in [0.05, 0.1) is 0 Å². The Kier molecular flexibility index (Phi) is 3.00. The highest BCUT2D eigenvalue weighted by Gasteiger charge is 2.63. The van der Waals surface area contributed by atoms with E-state index in [1.165, 1.54) is 0 Å². The summed E-state index contributed by atoms with van der Waals surface area (Å²) in [6.45, 7) is 0. The summed E-state index contributed by atoms with van der Waals surface area (Å²) in [7, 11) is -21.8. The van der Waals surface area contributed by atoms with Crippen LogP contribution in [0, 0.1) is 0 Å². The molecule has 0 unspecified atom stereocenters. The SMILES string of the molecule is O=S1(=O)OC2(OS(=O)(=O)O1)OS(=O)(=O)OS(=O)(=O)O2. The molecule has 0 aliphatic carbocycles. The van der Waals surface area contributed by atoms with E-state index in [0.29, 0.717) is 0 Å². The van der Waals surface area contributed by atoms with E-state index in [9.17, 15) is 33.7 Å². The molecule has 2 aliphatic rings. The van der Waals surface area contributed by atoms with Crippen molar-refractivity contribution in [2.75, 3.05) is 0 Å². The highest BCUT2D eigenvalue weighted by atomic mass is 32.3. The summed E-state index contributed by atoms with van der Waals surface area (Å²) < 4.78 is 108. The van der Waals surface area contributed by atoms with E-state index in [4.69, 9.17) is 0 Å². The first kappa shape index (κ1) is 15.0. The standard InChI is InChI=1S/CO14S4/c2-16(3)10-1(11-17(4,5)14-16)12-18(6,7)15-19(8,9)13-1. The number of rotatable bonds is 0. The molecule has 0 N–H and O–H groups in total. The van der Waals surface area contributed by atoms with Crippen LogP contribution in [-0.4, -0.2) is 39.8 Å². The van der Waals surface area contributed by atoms with Crippen LogP contribution in [0.25, 0.3) is 0 Å². The van der Waals surface area contributed by atoms with E-state index < -0.39 is 47.8 Å². The fourth-order valence-electron chi connectivity index (χ4n) is 0.843. The van der Waals surface area contributed by atoms with Gasteiger partial charge in [-0.3, -0.25) is 0 Å². The molecule has 112 valence electrons. The van der Waals surface area contributed by atoms with Crippen LogP contribution in [0.2, 0.25) is 0 Å². The van der Waals surface area contributed by atoms with Crippen LogP contribution in [0.3, 0.4) is 0 Å². The molecule has 0 radical (unpaired) electrons. The average molecular weight is 364 g/mol. The van der Waals surface area contributed by atoms with Crippen molar-refractivity contribution < 1.29 is 57.7 Å². The van der Waals surface area contributed by atoms with Gasteiger partial charge in [-0.2, -0.15) is 50.4 Å². The summed E-state index contributed by atoms with van der Waals surface area (Å²) in [4.78, 5) is 0.